The zero-order valence-corrected chi connectivity index (χ0v) is 9.66. The summed E-state index contributed by atoms with van der Waals surface area (Å²) in [5.74, 6) is 2.14. The van der Waals surface area contributed by atoms with Gasteiger partial charge in [-0.15, -0.1) is 0 Å². The van der Waals surface area contributed by atoms with Crippen LogP contribution in [0.3, 0.4) is 0 Å². The number of hydrogen-bond donors (Lipinski definition) is 0. The monoisotopic (exact) mass is 214 g/mol. The Hall–Kier alpha value is -1.27. The Morgan fingerprint density at radius 3 is 2.93 bits per heavy atom. The van der Waals surface area contributed by atoms with E-state index in [2.05, 4.69) is 23.2 Å². The standard InChI is InChI=1S/C12H12NOSi/c1-8-5-9(8)7-14-11-3-2-4-12(15)10(11)6-13/h2-4,8-9H,5,7H2,1H3. The topological polar surface area (TPSA) is 33.0 Å². The minimum atomic E-state index is 0.586. The minimum absolute atomic E-state index is 0.586. The third-order valence-corrected chi connectivity index (χ3v) is 3.28. The van der Waals surface area contributed by atoms with Gasteiger partial charge in [0.15, 0.2) is 0 Å². The van der Waals surface area contributed by atoms with Crippen LogP contribution >= 0.6 is 0 Å². The maximum Gasteiger partial charge on any atom is 0.136 e. The van der Waals surface area contributed by atoms with Gasteiger partial charge in [0.2, 0.25) is 0 Å². The molecule has 0 heterocycles. The number of rotatable bonds is 3. The fourth-order valence-electron chi connectivity index (χ4n) is 1.59. The highest BCUT2D eigenvalue weighted by molar-refractivity contribution is 6.34. The van der Waals surface area contributed by atoms with Crippen LogP contribution in [-0.2, 0) is 0 Å². The lowest BCUT2D eigenvalue weighted by atomic mass is 10.2. The second-order valence-corrected chi connectivity index (χ2v) is 4.61. The minimum Gasteiger partial charge on any atom is -0.492 e. The quantitative estimate of drug-likeness (QED) is 0.712. The van der Waals surface area contributed by atoms with Crippen LogP contribution in [0.25, 0.3) is 0 Å². The first kappa shape index (κ1) is 10.3. The SMILES string of the molecule is CC1CC1COc1cccc([Si])c1C#N. The zero-order chi connectivity index (χ0) is 10.8. The Morgan fingerprint density at radius 2 is 2.33 bits per heavy atom. The van der Waals surface area contributed by atoms with Crippen LogP contribution in [0.15, 0.2) is 18.2 Å². The van der Waals surface area contributed by atoms with Crippen LogP contribution in [0.1, 0.15) is 18.9 Å². The molecule has 2 rings (SSSR count). The fraction of sp³-hybridized carbons (Fsp3) is 0.417. The van der Waals surface area contributed by atoms with Crippen molar-refractivity contribution in [1.82, 2.24) is 0 Å². The summed E-state index contributed by atoms with van der Waals surface area (Å²) in [5.41, 5.74) is 0.586. The number of ether oxygens (including phenoxy) is 1. The van der Waals surface area contributed by atoms with E-state index in [1.807, 2.05) is 18.2 Å². The molecule has 15 heavy (non-hydrogen) atoms. The summed E-state index contributed by atoms with van der Waals surface area (Å²) in [5, 5.41) is 9.76. The predicted molar refractivity (Wildman–Crippen MR) is 59.3 cm³/mol. The third kappa shape index (κ3) is 2.21. The summed E-state index contributed by atoms with van der Waals surface area (Å²) in [6, 6.07) is 7.72. The number of nitriles is 1. The van der Waals surface area contributed by atoms with E-state index in [0.717, 1.165) is 17.7 Å². The lowest BCUT2D eigenvalue weighted by Crippen LogP contribution is -2.11. The van der Waals surface area contributed by atoms with E-state index >= 15 is 0 Å². The molecule has 0 bridgehead atoms. The number of hydrogen-bond acceptors (Lipinski definition) is 2. The first-order valence-corrected chi connectivity index (χ1v) is 5.60. The van der Waals surface area contributed by atoms with Crippen molar-refractivity contribution in [2.45, 2.75) is 13.3 Å². The highest BCUT2D eigenvalue weighted by Crippen LogP contribution is 2.37. The molecule has 3 heteroatoms. The van der Waals surface area contributed by atoms with Gasteiger partial charge in [-0.25, -0.2) is 0 Å². The second kappa shape index (κ2) is 4.07. The molecular formula is C12H12NOSi. The maximum absolute atomic E-state index is 8.97. The molecule has 1 aliphatic rings. The Balaban J connectivity index is 2.07. The number of nitrogens with zero attached hydrogens (tertiary/aromatic N) is 1. The first-order valence-electron chi connectivity index (χ1n) is 5.10. The number of benzene rings is 1. The van der Waals surface area contributed by atoms with Crippen LogP contribution in [-0.4, -0.2) is 16.8 Å². The van der Waals surface area contributed by atoms with Gasteiger partial charge in [0.25, 0.3) is 0 Å². The molecule has 3 radical (unpaired) electrons. The zero-order valence-electron chi connectivity index (χ0n) is 8.66. The summed E-state index contributed by atoms with van der Waals surface area (Å²) < 4.78 is 5.65. The fourth-order valence-corrected chi connectivity index (χ4v) is 1.87. The van der Waals surface area contributed by atoms with Gasteiger partial charge in [-0.05, 0) is 29.5 Å². The molecule has 1 saturated carbocycles. The van der Waals surface area contributed by atoms with Crippen LogP contribution in [0.4, 0.5) is 0 Å². The van der Waals surface area contributed by atoms with Crippen molar-refractivity contribution in [3.05, 3.63) is 23.8 Å². The summed E-state index contributed by atoms with van der Waals surface area (Å²) in [6.45, 7) is 2.95. The Labute approximate surface area is 93.3 Å². The highest BCUT2D eigenvalue weighted by atomic mass is 28.1. The van der Waals surface area contributed by atoms with Gasteiger partial charge in [0, 0.05) is 0 Å². The highest BCUT2D eigenvalue weighted by Gasteiger charge is 2.33. The van der Waals surface area contributed by atoms with Crippen LogP contribution in [0.5, 0.6) is 5.75 Å². The molecule has 1 aromatic rings. The Kier molecular flexibility index (Phi) is 2.78. The van der Waals surface area contributed by atoms with Crippen molar-refractivity contribution in [3.63, 3.8) is 0 Å². The molecular weight excluding hydrogens is 202 g/mol. The molecule has 0 aromatic heterocycles. The van der Waals surface area contributed by atoms with Crippen molar-refractivity contribution in [3.8, 4) is 11.8 Å². The average molecular weight is 214 g/mol. The molecule has 75 valence electrons. The average Bonchev–Trinajstić information content (AvgIpc) is 2.92. The van der Waals surface area contributed by atoms with Crippen molar-refractivity contribution >= 4 is 15.4 Å². The van der Waals surface area contributed by atoms with Gasteiger partial charge in [0.05, 0.1) is 22.4 Å². The van der Waals surface area contributed by atoms with Crippen molar-refractivity contribution in [1.29, 1.82) is 5.26 Å². The maximum atomic E-state index is 8.97. The van der Waals surface area contributed by atoms with Crippen LogP contribution in [0, 0.1) is 23.2 Å². The molecule has 1 fully saturated rings. The Bertz CT molecular complexity index is 411. The van der Waals surface area contributed by atoms with E-state index < -0.39 is 0 Å². The summed E-state index contributed by atoms with van der Waals surface area (Å²) >= 11 is 0. The van der Waals surface area contributed by atoms with Crippen LogP contribution in [0.2, 0.25) is 0 Å². The molecule has 0 saturated heterocycles. The predicted octanol–water partition coefficient (Wildman–Crippen LogP) is 1.39. The molecule has 0 aliphatic heterocycles. The molecule has 2 nitrogen and oxygen atoms in total. The summed E-state index contributed by atoms with van der Waals surface area (Å²) in [7, 11) is 3.39. The molecule has 0 N–H and O–H groups in total. The van der Waals surface area contributed by atoms with Crippen molar-refractivity contribution in [2.24, 2.45) is 11.8 Å². The lowest BCUT2D eigenvalue weighted by Gasteiger charge is -2.08. The molecule has 0 amide bonds. The first-order chi connectivity index (χ1) is 7.22. The van der Waals surface area contributed by atoms with E-state index in [9.17, 15) is 0 Å². The smallest absolute Gasteiger partial charge is 0.136 e. The van der Waals surface area contributed by atoms with Crippen molar-refractivity contribution < 1.29 is 4.74 Å². The van der Waals surface area contributed by atoms with Gasteiger partial charge in [0.1, 0.15) is 11.8 Å². The van der Waals surface area contributed by atoms with Gasteiger partial charge in [-0.3, -0.25) is 0 Å². The summed E-state index contributed by atoms with van der Waals surface area (Å²) in [6.07, 6.45) is 1.25. The van der Waals surface area contributed by atoms with Crippen LogP contribution < -0.4 is 9.92 Å². The second-order valence-electron chi connectivity index (χ2n) is 4.07. The lowest BCUT2D eigenvalue weighted by molar-refractivity contribution is 0.293. The van der Waals surface area contributed by atoms with E-state index in [1.165, 1.54) is 6.42 Å². The van der Waals surface area contributed by atoms with Crippen molar-refractivity contribution in [2.75, 3.05) is 6.61 Å². The normalized spacial score (nSPS) is 23.3. The molecule has 0 spiro atoms. The van der Waals surface area contributed by atoms with E-state index in [0.29, 0.717) is 17.2 Å². The van der Waals surface area contributed by atoms with E-state index in [4.69, 9.17) is 10.00 Å². The van der Waals surface area contributed by atoms with E-state index in [1.54, 1.807) is 0 Å². The Morgan fingerprint density at radius 1 is 1.60 bits per heavy atom. The summed E-state index contributed by atoms with van der Waals surface area (Å²) in [4.78, 5) is 0. The molecule has 1 aliphatic carbocycles. The van der Waals surface area contributed by atoms with E-state index in [-0.39, 0.29) is 0 Å². The molecule has 1 aromatic carbocycles. The van der Waals surface area contributed by atoms with Gasteiger partial charge < -0.3 is 4.74 Å². The van der Waals surface area contributed by atoms with Gasteiger partial charge in [-0.2, -0.15) is 5.26 Å². The van der Waals surface area contributed by atoms with Gasteiger partial charge >= 0.3 is 0 Å². The third-order valence-electron chi connectivity index (χ3n) is 2.87. The molecule has 2 unspecified atom stereocenters. The van der Waals surface area contributed by atoms with Gasteiger partial charge in [-0.1, -0.05) is 19.1 Å². The largest absolute Gasteiger partial charge is 0.492 e. The molecule has 2 atom stereocenters.